The molecule has 0 aromatic heterocycles. The number of hydrogen-bond acceptors (Lipinski definition) is 4. The maximum atomic E-state index is 12.8. The predicted molar refractivity (Wildman–Crippen MR) is 125 cm³/mol. The minimum Gasteiger partial charge on any atom is -0.352 e. The van der Waals surface area contributed by atoms with E-state index < -0.39 is 10.0 Å². The highest BCUT2D eigenvalue weighted by Gasteiger charge is 2.22. The van der Waals surface area contributed by atoms with Crippen LogP contribution in [0.1, 0.15) is 49.4 Å². The van der Waals surface area contributed by atoms with Gasteiger partial charge in [0.1, 0.15) is 0 Å². The monoisotopic (exact) mass is 443 g/mol. The number of nitrogens with one attached hydrogen (secondary N) is 1. The molecule has 1 heterocycles. The Hall–Kier alpha value is -2.38. The van der Waals surface area contributed by atoms with Crippen molar-refractivity contribution >= 4 is 21.6 Å². The van der Waals surface area contributed by atoms with Crippen LogP contribution in [0.4, 0.5) is 5.69 Å². The lowest BCUT2D eigenvalue weighted by Gasteiger charge is -2.35. The van der Waals surface area contributed by atoms with Crippen LogP contribution < -0.4 is 9.62 Å². The van der Waals surface area contributed by atoms with E-state index in [0.717, 1.165) is 19.5 Å². The largest absolute Gasteiger partial charge is 0.352 e. The normalized spacial score (nSPS) is 17.3. The lowest BCUT2D eigenvalue weighted by molar-refractivity contribution is 0.0947. The highest BCUT2D eigenvalue weighted by Crippen LogP contribution is 2.23. The van der Waals surface area contributed by atoms with Crippen LogP contribution in [-0.2, 0) is 10.0 Å². The third-order valence-corrected chi connectivity index (χ3v) is 7.80. The van der Waals surface area contributed by atoms with Gasteiger partial charge in [0.2, 0.25) is 0 Å². The molecule has 0 radical (unpaired) electrons. The summed E-state index contributed by atoms with van der Waals surface area (Å²) in [6.07, 6.45) is 5.93. The number of amides is 1. The molecule has 3 rings (SSSR count). The topological polar surface area (TPSA) is 69.7 Å². The van der Waals surface area contributed by atoms with E-state index in [4.69, 9.17) is 0 Å². The molecule has 7 heteroatoms. The fraction of sp³-hybridized carbons (Fsp3) is 0.458. The Labute approximate surface area is 186 Å². The van der Waals surface area contributed by atoms with Gasteiger partial charge in [0, 0.05) is 31.7 Å². The highest BCUT2D eigenvalue weighted by atomic mass is 32.2. The van der Waals surface area contributed by atoms with Crippen molar-refractivity contribution in [2.75, 3.05) is 31.0 Å². The van der Waals surface area contributed by atoms with Crippen molar-refractivity contribution in [3.05, 3.63) is 60.2 Å². The van der Waals surface area contributed by atoms with Crippen LogP contribution >= 0.6 is 0 Å². The van der Waals surface area contributed by atoms with Gasteiger partial charge in [0.25, 0.3) is 15.9 Å². The summed E-state index contributed by atoms with van der Waals surface area (Å²) in [4.78, 5) is 15.4. The maximum Gasteiger partial charge on any atom is 0.264 e. The number of hydrogen-bond donors (Lipinski definition) is 1. The Morgan fingerprint density at radius 3 is 2.65 bits per heavy atom. The van der Waals surface area contributed by atoms with Gasteiger partial charge in [-0.3, -0.25) is 9.10 Å². The van der Waals surface area contributed by atoms with Gasteiger partial charge in [0.05, 0.1) is 10.6 Å². The second-order valence-corrected chi connectivity index (χ2v) is 10.0. The number of likely N-dealkylation sites (tertiary alicyclic amines) is 1. The van der Waals surface area contributed by atoms with Gasteiger partial charge in [0.15, 0.2) is 0 Å². The van der Waals surface area contributed by atoms with Crippen LogP contribution in [0.5, 0.6) is 0 Å². The first-order valence-electron chi connectivity index (χ1n) is 11.1. The molecule has 168 valence electrons. The molecule has 1 aliphatic heterocycles. The van der Waals surface area contributed by atoms with Gasteiger partial charge in [-0.1, -0.05) is 37.6 Å². The van der Waals surface area contributed by atoms with Crippen LogP contribution in [0.25, 0.3) is 0 Å². The molecule has 1 saturated heterocycles. The van der Waals surface area contributed by atoms with Crippen molar-refractivity contribution in [2.45, 2.75) is 50.0 Å². The van der Waals surface area contributed by atoms with E-state index in [1.54, 1.807) is 54.6 Å². The summed E-state index contributed by atoms with van der Waals surface area (Å²) >= 11 is 0. The average molecular weight is 444 g/mol. The number of anilines is 1. The summed E-state index contributed by atoms with van der Waals surface area (Å²) in [7, 11) is -2.18. The van der Waals surface area contributed by atoms with E-state index >= 15 is 0 Å². The first-order chi connectivity index (χ1) is 14.9. The molecule has 31 heavy (non-hydrogen) atoms. The van der Waals surface area contributed by atoms with Gasteiger partial charge in [-0.2, -0.15) is 0 Å². The van der Waals surface area contributed by atoms with Gasteiger partial charge in [-0.05, 0) is 62.6 Å². The first-order valence-corrected chi connectivity index (χ1v) is 12.5. The molecule has 1 aliphatic rings. The van der Waals surface area contributed by atoms with E-state index in [-0.39, 0.29) is 10.8 Å². The summed E-state index contributed by atoms with van der Waals surface area (Å²) in [5.41, 5.74) is 0.910. The van der Waals surface area contributed by atoms with E-state index in [9.17, 15) is 13.2 Å². The minimum absolute atomic E-state index is 0.182. The molecule has 1 fully saturated rings. The van der Waals surface area contributed by atoms with Gasteiger partial charge < -0.3 is 10.2 Å². The lowest BCUT2D eigenvalue weighted by Crippen LogP contribution is -2.40. The Morgan fingerprint density at radius 1 is 1.13 bits per heavy atom. The predicted octanol–water partition coefficient (Wildman–Crippen LogP) is 3.90. The van der Waals surface area contributed by atoms with Crippen LogP contribution in [0.2, 0.25) is 0 Å². The van der Waals surface area contributed by atoms with E-state index in [1.165, 1.54) is 37.0 Å². The minimum atomic E-state index is -3.68. The summed E-state index contributed by atoms with van der Waals surface area (Å²) in [6.45, 7) is 4.99. The molecular formula is C24H33N3O3S. The van der Waals surface area contributed by atoms with E-state index in [0.29, 0.717) is 23.8 Å². The first kappa shape index (κ1) is 23.3. The lowest BCUT2D eigenvalue weighted by atomic mass is 10.00. The van der Waals surface area contributed by atoms with Gasteiger partial charge >= 0.3 is 0 Å². The van der Waals surface area contributed by atoms with Gasteiger partial charge in [-0.25, -0.2) is 8.42 Å². The number of sulfonamides is 1. The van der Waals surface area contributed by atoms with Crippen molar-refractivity contribution in [3.63, 3.8) is 0 Å². The molecule has 6 nitrogen and oxygen atoms in total. The summed E-state index contributed by atoms with van der Waals surface area (Å²) in [5, 5.41) is 2.97. The SMILES string of the molecule is CC[C@@H]1CCCCN1CCCNC(=O)c1cccc(N(C)S(=O)(=O)c2ccccc2)c1. The molecule has 0 saturated carbocycles. The number of nitrogens with zero attached hydrogens (tertiary/aromatic N) is 2. The zero-order valence-corrected chi connectivity index (χ0v) is 19.3. The molecule has 0 unspecified atom stereocenters. The summed E-state index contributed by atoms with van der Waals surface area (Å²) in [5.74, 6) is -0.182. The second kappa shape index (κ2) is 10.8. The zero-order valence-electron chi connectivity index (χ0n) is 18.5. The number of piperidine rings is 1. The summed E-state index contributed by atoms with van der Waals surface area (Å²) < 4.78 is 26.9. The molecule has 0 aliphatic carbocycles. The number of carbonyl (C=O) groups is 1. The van der Waals surface area contributed by atoms with Crippen LogP contribution in [-0.4, -0.2) is 51.9 Å². The summed E-state index contributed by atoms with van der Waals surface area (Å²) in [6, 6.07) is 15.7. The molecule has 2 aromatic rings. The molecule has 0 bridgehead atoms. The Bertz CT molecular complexity index is 963. The molecule has 1 amide bonds. The van der Waals surface area contributed by atoms with Crippen molar-refractivity contribution in [1.82, 2.24) is 10.2 Å². The smallest absolute Gasteiger partial charge is 0.264 e. The zero-order chi connectivity index (χ0) is 22.3. The molecular weight excluding hydrogens is 410 g/mol. The van der Waals surface area contributed by atoms with E-state index in [2.05, 4.69) is 17.1 Å². The Morgan fingerprint density at radius 2 is 1.90 bits per heavy atom. The van der Waals surface area contributed by atoms with Crippen molar-refractivity contribution in [3.8, 4) is 0 Å². The standard InChI is InChI=1S/C24H33N3O3S/c1-3-21-12-7-8-17-27(21)18-10-16-25-24(28)20-11-9-13-22(19-20)26(2)31(29,30)23-14-5-4-6-15-23/h4-6,9,11,13-15,19,21H,3,7-8,10,12,16-18H2,1-2H3,(H,25,28)/t21-/m1/s1. The van der Waals surface area contributed by atoms with Crippen LogP contribution in [0, 0.1) is 0 Å². The van der Waals surface area contributed by atoms with Crippen LogP contribution in [0.15, 0.2) is 59.5 Å². The molecule has 1 atom stereocenters. The highest BCUT2D eigenvalue weighted by molar-refractivity contribution is 7.92. The average Bonchev–Trinajstić information content (AvgIpc) is 2.82. The fourth-order valence-electron chi connectivity index (χ4n) is 4.14. The van der Waals surface area contributed by atoms with E-state index in [1.807, 2.05) is 0 Å². The van der Waals surface area contributed by atoms with Crippen molar-refractivity contribution in [2.24, 2.45) is 0 Å². The molecule has 1 N–H and O–H groups in total. The number of benzene rings is 2. The number of rotatable bonds is 9. The van der Waals surface area contributed by atoms with Crippen LogP contribution in [0.3, 0.4) is 0 Å². The van der Waals surface area contributed by atoms with Crippen molar-refractivity contribution < 1.29 is 13.2 Å². The van der Waals surface area contributed by atoms with Crippen molar-refractivity contribution in [1.29, 1.82) is 0 Å². The Kier molecular flexibility index (Phi) is 8.09. The fourth-order valence-corrected chi connectivity index (χ4v) is 5.34. The maximum absolute atomic E-state index is 12.8. The number of carbonyl (C=O) groups excluding carboxylic acids is 1. The van der Waals surface area contributed by atoms with Gasteiger partial charge in [-0.15, -0.1) is 0 Å². The molecule has 2 aromatic carbocycles. The Balaban J connectivity index is 1.57. The molecule has 0 spiro atoms. The third kappa shape index (κ3) is 5.86. The quantitative estimate of drug-likeness (QED) is 0.597. The third-order valence-electron chi connectivity index (χ3n) is 6.00. The second-order valence-electron chi connectivity index (χ2n) is 8.04.